The summed E-state index contributed by atoms with van der Waals surface area (Å²) >= 11 is 1.28. The van der Waals surface area contributed by atoms with Gasteiger partial charge in [-0.1, -0.05) is 18.3 Å². The van der Waals surface area contributed by atoms with Crippen LogP contribution in [-0.4, -0.2) is 11.6 Å². The number of nitrogen functional groups attached to an aromatic ring is 2. The molecule has 1 aromatic heterocycles. The van der Waals surface area contributed by atoms with Crippen LogP contribution in [0.2, 0.25) is 0 Å². The van der Waals surface area contributed by atoms with Crippen molar-refractivity contribution in [3.63, 3.8) is 0 Å². The molecule has 0 bridgehead atoms. The molecule has 0 saturated heterocycles. The van der Waals surface area contributed by atoms with Crippen molar-refractivity contribution in [2.45, 2.75) is 13.3 Å². The van der Waals surface area contributed by atoms with E-state index in [9.17, 15) is 0 Å². The Kier molecular flexibility index (Phi) is 3.88. The molecular formula is C12H15N3O2S. The largest absolute Gasteiger partial charge is 0.490 e. The van der Waals surface area contributed by atoms with E-state index in [1.54, 1.807) is 24.4 Å². The first-order valence-corrected chi connectivity index (χ1v) is 6.42. The third-order valence-electron chi connectivity index (χ3n) is 2.14. The summed E-state index contributed by atoms with van der Waals surface area (Å²) in [7, 11) is 0. The van der Waals surface area contributed by atoms with Gasteiger partial charge in [0.1, 0.15) is 0 Å². The number of benzene rings is 1. The van der Waals surface area contributed by atoms with Crippen LogP contribution in [0.25, 0.3) is 0 Å². The quantitative estimate of drug-likeness (QED) is 0.812. The minimum Gasteiger partial charge on any atom is -0.490 e. The molecule has 0 fully saturated rings. The van der Waals surface area contributed by atoms with Gasteiger partial charge in [-0.05, 0) is 18.6 Å². The van der Waals surface area contributed by atoms with Crippen LogP contribution < -0.4 is 20.9 Å². The lowest BCUT2D eigenvalue weighted by molar-refractivity contribution is 0.303. The lowest BCUT2D eigenvalue weighted by atomic mass is 10.3. The van der Waals surface area contributed by atoms with E-state index in [0.717, 1.165) is 6.42 Å². The smallest absolute Gasteiger partial charge is 0.202 e. The second-order valence-electron chi connectivity index (χ2n) is 3.67. The van der Waals surface area contributed by atoms with E-state index in [-0.39, 0.29) is 0 Å². The van der Waals surface area contributed by atoms with Crippen LogP contribution in [0.4, 0.5) is 10.8 Å². The highest BCUT2D eigenvalue weighted by Gasteiger charge is 2.09. The van der Waals surface area contributed by atoms with E-state index >= 15 is 0 Å². The minimum absolute atomic E-state index is 0.469. The number of thiazole rings is 1. The zero-order chi connectivity index (χ0) is 13.0. The van der Waals surface area contributed by atoms with Crippen LogP contribution in [0, 0.1) is 0 Å². The zero-order valence-corrected chi connectivity index (χ0v) is 10.9. The van der Waals surface area contributed by atoms with Crippen molar-refractivity contribution >= 4 is 22.2 Å². The van der Waals surface area contributed by atoms with Gasteiger partial charge in [-0.2, -0.15) is 0 Å². The average molecular weight is 265 g/mol. The van der Waals surface area contributed by atoms with Crippen LogP contribution in [-0.2, 0) is 0 Å². The second kappa shape index (κ2) is 5.59. The molecule has 18 heavy (non-hydrogen) atoms. The Hall–Kier alpha value is -1.95. The number of rotatable bonds is 5. The fourth-order valence-electron chi connectivity index (χ4n) is 1.36. The van der Waals surface area contributed by atoms with Crippen LogP contribution in [0.1, 0.15) is 13.3 Å². The Labute approximate surface area is 109 Å². The maximum absolute atomic E-state index is 5.73. The lowest BCUT2D eigenvalue weighted by Gasteiger charge is -2.11. The Morgan fingerprint density at radius 2 is 2.11 bits per heavy atom. The van der Waals surface area contributed by atoms with Crippen LogP contribution in [0.5, 0.6) is 16.6 Å². The molecule has 2 rings (SSSR count). The van der Waals surface area contributed by atoms with E-state index in [1.165, 1.54) is 11.3 Å². The van der Waals surface area contributed by atoms with Crippen molar-refractivity contribution < 1.29 is 9.47 Å². The molecule has 0 unspecified atom stereocenters. The normalized spacial score (nSPS) is 10.3. The van der Waals surface area contributed by atoms with Gasteiger partial charge < -0.3 is 20.9 Å². The van der Waals surface area contributed by atoms with Crippen molar-refractivity contribution in [3.05, 3.63) is 24.4 Å². The maximum atomic E-state index is 5.73. The first kappa shape index (κ1) is 12.5. The molecule has 0 aliphatic rings. The molecule has 4 N–H and O–H groups in total. The van der Waals surface area contributed by atoms with Gasteiger partial charge in [-0.25, -0.2) is 4.98 Å². The summed E-state index contributed by atoms with van der Waals surface area (Å²) in [5.41, 5.74) is 11.9. The van der Waals surface area contributed by atoms with Crippen molar-refractivity contribution in [2.24, 2.45) is 0 Å². The molecule has 0 aliphatic carbocycles. The summed E-state index contributed by atoms with van der Waals surface area (Å²) < 4.78 is 11.3. The van der Waals surface area contributed by atoms with Gasteiger partial charge in [0.05, 0.1) is 12.8 Å². The zero-order valence-electron chi connectivity index (χ0n) is 10.1. The monoisotopic (exact) mass is 265 g/mol. The van der Waals surface area contributed by atoms with E-state index < -0.39 is 0 Å². The highest BCUT2D eigenvalue weighted by molar-refractivity contribution is 7.17. The number of nitrogens with zero attached hydrogens (tertiary/aromatic N) is 1. The van der Waals surface area contributed by atoms with Gasteiger partial charge >= 0.3 is 0 Å². The summed E-state index contributed by atoms with van der Waals surface area (Å²) in [6.45, 7) is 2.65. The Balaban J connectivity index is 2.20. The second-order valence-corrected chi connectivity index (χ2v) is 4.70. The van der Waals surface area contributed by atoms with Crippen molar-refractivity contribution in [1.29, 1.82) is 0 Å². The number of nitrogens with two attached hydrogens (primary N) is 2. The highest BCUT2D eigenvalue weighted by Crippen LogP contribution is 2.36. The molecule has 6 heteroatoms. The number of hydrogen-bond donors (Lipinski definition) is 2. The Morgan fingerprint density at radius 1 is 1.28 bits per heavy atom. The van der Waals surface area contributed by atoms with Gasteiger partial charge in [0.25, 0.3) is 0 Å². The molecule has 0 radical (unpaired) electrons. The van der Waals surface area contributed by atoms with Crippen LogP contribution in [0.3, 0.4) is 0 Å². The fourth-order valence-corrected chi connectivity index (χ4v) is 1.91. The average Bonchev–Trinajstić information content (AvgIpc) is 2.75. The molecule has 5 nitrogen and oxygen atoms in total. The van der Waals surface area contributed by atoms with E-state index in [2.05, 4.69) is 4.98 Å². The Morgan fingerprint density at radius 3 is 2.78 bits per heavy atom. The van der Waals surface area contributed by atoms with Gasteiger partial charge in [0.2, 0.25) is 5.06 Å². The van der Waals surface area contributed by atoms with Gasteiger partial charge in [-0.15, -0.1) is 0 Å². The SMILES string of the molecule is CCCOc1cc(N)ccc1Oc1cnc(N)s1. The van der Waals surface area contributed by atoms with Crippen LogP contribution >= 0.6 is 11.3 Å². The first-order chi connectivity index (χ1) is 8.69. The summed E-state index contributed by atoms with van der Waals surface area (Å²) in [6.07, 6.45) is 2.50. The van der Waals surface area contributed by atoms with Crippen molar-refractivity contribution in [3.8, 4) is 16.6 Å². The fraction of sp³-hybridized carbons (Fsp3) is 0.250. The predicted octanol–water partition coefficient (Wildman–Crippen LogP) is 2.89. The number of ether oxygens (including phenoxy) is 2. The molecule has 2 aromatic rings. The van der Waals surface area contributed by atoms with E-state index in [0.29, 0.717) is 34.0 Å². The van der Waals surface area contributed by atoms with Crippen LogP contribution in [0.15, 0.2) is 24.4 Å². The van der Waals surface area contributed by atoms with Crippen molar-refractivity contribution in [2.75, 3.05) is 18.1 Å². The molecule has 1 heterocycles. The van der Waals surface area contributed by atoms with Gasteiger partial charge in [0, 0.05) is 11.8 Å². The summed E-state index contributed by atoms with van der Waals surface area (Å²) in [6, 6.07) is 5.28. The molecule has 0 amide bonds. The van der Waals surface area contributed by atoms with Gasteiger partial charge in [0.15, 0.2) is 16.6 Å². The molecule has 0 saturated carbocycles. The topological polar surface area (TPSA) is 83.4 Å². The molecular weight excluding hydrogens is 250 g/mol. The van der Waals surface area contributed by atoms with Gasteiger partial charge in [-0.3, -0.25) is 0 Å². The predicted molar refractivity (Wildman–Crippen MR) is 73.2 cm³/mol. The molecule has 0 spiro atoms. The summed E-state index contributed by atoms with van der Waals surface area (Å²) in [5, 5.41) is 1.09. The number of hydrogen-bond acceptors (Lipinski definition) is 6. The third-order valence-corrected chi connectivity index (χ3v) is 2.85. The molecule has 0 atom stereocenters. The summed E-state index contributed by atoms with van der Waals surface area (Å²) in [5.74, 6) is 1.24. The molecule has 1 aromatic carbocycles. The third kappa shape index (κ3) is 3.04. The number of anilines is 2. The summed E-state index contributed by atoms with van der Waals surface area (Å²) in [4.78, 5) is 3.93. The van der Waals surface area contributed by atoms with E-state index in [1.807, 2.05) is 6.92 Å². The first-order valence-electron chi connectivity index (χ1n) is 5.60. The van der Waals surface area contributed by atoms with E-state index in [4.69, 9.17) is 20.9 Å². The molecule has 96 valence electrons. The standard InChI is InChI=1S/C12H15N3O2S/c1-2-5-16-10-6-8(13)3-4-9(10)17-11-7-15-12(14)18-11/h3-4,6-7H,2,5,13H2,1H3,(H2,14,15). The maximum Gasteiger partial charge on any atom is 0.202 e. The molecule has 0 aliphatic heterocycles. The lowest BCUT2D eigenvalue weighted by Crippen LogP contribution is -1.98. The Bertz CT molecular complexity index is 528. The van der Waals surface area contributed by atoms with Crippen molar-refractivity contribution in [1.82, 2.24) is 4.98 Å². The number of aromatic nitrogens is 1. The highest BCUT2D eigenvalue weighted by atomic mass is 32.1. The minimum atomic E-state index is 0.469.